The summed E-state index contributed by atoms with van der Waals surface area (Å²) in [4.78, 5) is 38.1. The van der Waals surface area contributed by atoms with Crippen LogP contribution in [0.4, 0.5) is 0 Å². The van der Waals surface area contributed by atoms with Gasteiger partial charge in [0.1, 0.15) is 13.2 Å². The summed E-state index contributed by atoms with van der Waals surface area (Å²) in [5.41, 5.74) is 0. The normalized spacial score (nSPS) is 13.0. The van der Waals surface area contributed by atoms with Gasteiger partial charge in [0.05, 0.1) is 0 Å². The van der Waals surface area contributed by atoms with E-state index in [1.165, 1.54) is 96.3 Å². The van der Waals surface area contributed by atoms with E-state index in [4.69, 9.17) is 14.2 Å². The van der Waals surface area contributed by atoms with Gasteiger partial charge in [-0.25, -0.2) is 0 Å². The van der Waals surface area contributed by atoms with Gasteiger partial charge < -0.3 is 14.2 Å². The first kappa shape index (κ1) is 67.8. The molecule has 1 atom stereocenters. The summed E-state index contributed by atoms with van der Waals surface area (Å²) in [6.07, 6.45) is 82.0. The van der Waals surface area contributed by atoms with Crippen molar-refractivity contribution < 1.29 is 28.6 Å². The van der Waals surface area contributed by atoms with Crippen LogP contribution in [0.2, 0.25) is 0 Å². The molecule has 0 bridgehead atoms. The number of unbranched alkanes of at least 4 members (excludes halogenated alkanes) is 21. The molecule has 0 aromatic heterocycles. The predicted octanol–water partition coefficient (Wildman–Crippen LogP) is 20.0. The van der Waals surface area contributed by atoms with Crippen molar-refractivity contribution in [3.63, 3.8) is 0 Å². The molecule has 0 aromatic rings. The van der Waals surface area contributed by atoms with E-state index in [9.17, 15) is 14.4 Å². The highest BCUT2D eigenvalue weighted by atomic mass is 16.6. The Morgan fingerprint density at radius 2 is 0.556 bits per heavy atom. The smallest absolute Gasteiger partial charge is 0.306 e. The average molecular weight is 998 g/mol. The summed E-state index contributed by atoms with van der Waals surface area (Å²) in [5, 5.41) is 0. The monoisotopic (exact) mass is 997 g/mol. The summed E-state index contributed by atoms with van der Waals surface area (Å²) in [7, 11) is 0. The minimum Gasteiger partial charge on any atom is -0.462 e. The predicted molar refractivity (Wildman–Crippen MR) is 311 cm³/mol. The van der Waals surface area contributed by atoms with Crippen LogP contribution in [0.3, 0.4) is 0 Å². The quantitative estimate of drug-likeness (QED) is 0.0261. The van der Waals surface area contributed by atoms with Gasteiger partial charge in [-0.05, 0) is 103 Å². The molecule has 0 heterocycles. The van der Waals surface area contributed by atoms with Crippen LogP contribution < -0.4 is 0 Å². The molecule has 6 heteroatoms. The molecule has 0 aliphatic heterocycles. The molecule has 0 rings (SSSR count). The number of carbonyl (C=O) groups is 3. The maximum absolute atomic E-state index is 12.8. The van der Waals surface area contributed by atoms with Crippen molar-refractivity contribution in [2.45, 2.75) is 264 Å². The average Bonchev–Trinajstić information content (AvgIpc) is 3.38. The molecule has 0 N–H and O–H groups in total. The second kappa shape index (κ2) is 59.4. The molecule has 1 unspecified atom stereocenters. The molecule has 0 radical (unpaired) electrons. The zero-order valence-electron chi connectivity index (χ0n) is 46.7. The highest BCUT2D eigenvalue weighted by Gasteiger charge is 2.19. The first-order chi connectivity index (χ1) is 35.5. The molecule has 6 nitrogen and oxygen atoms in total. The van der Waals surface area contributed by atoms with Crippen molar-refractivity contribution >= 4 is 17.9 Å². The topological polar surface area (TPSA) is 78.9 Å². The molecule has 0 spiro atoms. The third-order valence-corrected chi connectivity index (χ3v) is 12.2. The van der Waals surface area contributed by atoms with Gasteiger partial charge in [0.25, 0.3) is 0 Å². The fourth-order valence-electron chi connectivity index (χ4n) is 7.86. The third-order valence-electron chi connectivity index (χ3n) is 12.2. The molecular weight excluding hydrogens is 889 g/mol. The number of carbonyl (C=O) groups excluding carboxylic acids is 3. The largest absolute Gasteiger partial charge is 0.462 e. The Morgan fingerprint density at radius 1 is 0.292 bits per heavy atom. The Hall–Kier alpha value is -4.19. The van der Waals surface area contributed by atoms with Crippen molar-refractivity contribution in [3.8, 4) is 0 Å². The molecule has 0 saturated heterocycles. The second-order valence-corrected chi connectivity index (χ2v) is 19.1. The van der Waals surface area contributed by atoms with E-state index >= 15 is 0 Å². The summed E-state index contributed by atoms with van der Waals surface area (Å²) in [6, 6.07) is 0. The molecular formula is C66H108O6. The van der Waals surface area contributed by atoms with Gasteiger partial charge in [0, 0.05) is 19.3 Å². The molecule has 0 aromatic carbocycles. The van der Waals surface area contributed by atoms with E-state index < -0.39 is 6.10 Å². The first-order valence-corrected chi connectivity index (χ1v) is 29.5. The lowest BCUT2D eigenvalue weighted by Gasteiger charge is -2.18. The molecule has 0 aliphatic carbocycles. The third kappa shape index (κ3) is 56.7. The van der Waals surface area contributed by atoms with Gasteiger partial charge >= 0.3 is 17.9 Å². The number of hydrogen-bond acceptors (Lipinski definition) is 6. The van der Waals surface area contributed by atoms with Crippen LogP contribution in [0.1, 0.15) is 258 Å². The molecule has 408 valence electrons. The van der Waals surface area contributed by atoms with Crippen molar-refractivity contribution in [2.24, 2.45) is 0 Å². The van der Waals surface area contributed by atoms with Crippen LogP contribution in [0.15, 0.2) is 122 Å². The first-order valence-electron chi connectivity index (χ1n) is 29.5. The highest BCUT2D eigenvalue weighted by molar-refractivity contribution is 5.71. The van der Waals surface area contributed by atoms with Crippen molar-refractivity contribution in [2.75, 3.05) is 13.2 Å². The maximum Gasteiger partial charge on any atom is 0.306 e. The molecule has 0 aliphatic rings. The lowest BCUT2D eigenvalue weighted by atomic mass is 10.0. The van der Waals surface area contributed by atoms with E-state index in [1.54, 1.807) is 0 Å². The Bertz CT molecular complexity index is 1520. The Balaban J connectivity index is 4.40. The van der Waals surface area contributed by atoms with Gasteiger partial charge in [0.2, 0.25) is 0 Å². The lowest BCUT2D eigenvalue weighted by Crippen LogP contribution is -2.30. The Labute approximate surface area is 443 Å². The number of allylic oxidation sites excluding steroid dienone is 20. The Morgan fingerprint density at radius 3 is 0.889 bits per heavy atom. The zero-order valence-corrected chi connectivity index (χ0v) is 46.7. The van der Waals surface area contributed by atoms with Crippen LogP contribution >= 0.6 is 0 Å². The van der Waals surface area contributed by atoms with Gasteiger partial charge in [-0.2, -0.15) is 0 Å². The Kier molecular flexibility index (Phi) is 55.9. The standard InChI is InChI=1S/C66H108O6/c1-4-7-10-13-16-19-22-25-27-29-30-31-32-33-34-35-36-38-39-41-44-47-50-53-56-59-65(68)71-62-63(61-70-64(67)58-55-52-49-46-43-24-21-18-15-12-9-6-3)72-66(69)60-57-54-51-48-45-42-40-37-28-26-23-20-17-14-11-8-5-2/h7-8,10-11,16-17,19-20,25-28,30-31,33-34,40,42,48,51,63H,4-6,9,12-15,18,21-24,29,32,35-39,41,43-47,49-50,52-62H2,1-3H3/b10-7-,11-8-,19-16-,20-17-,27-25-,28-26-,31-30-,34-33-,42-40-,51-48-. The van der Waals surface area contributed by atoms with E-state index in [-0.39, 0.29) is 37.5 Å². The van der Waals surface area contributed by atoms with Crippen LogP contribution in [-0.4, -0.2) is 37.2 Å². The van der Waals surface area contributed by atoms with Crippen molar-refractivity contribution in [3.05, 3.63) is 122 Å². The van der Waals surface area contributed by atoms with Crippen LogP contribution in [0.5, 0.6) is 0 Å². The number of rotatable bonds is 52. The minimum absolute atomic E-state index is 0.103. The zero-order chi connectivity index (χ0) is 52.2. The van der Waals surface area contributed by atoms with Gasteiger partial charge in [-0.15, -0.1) is 0 Å². The second-order valence-electron chi connectivity index (χ2n) is 19.1. The number of ether oxygens (including phenoxy) is 3. The van der Waals surface area contributed by atoms with Crippen LogP contribution in [-0.2, 0) is 28.6 Å². The minimum atomic E-state index is -0.812. The van der Waals surface area contributed by atoms with E-state index in [0.717, 1.165) is 116 Å². The van der Waals surface area contributed by atoms with E-state index in [0.29, 0.717) is 19.3 Å². The molecule has 0 saturated carbocycles. The SMILES string of the molecule is CC/C=C\C/C=C\C/C=C\C/C=C\C/C=C\CCCCCCCCCCCC(=O)OCC(COC(=O)CCCCCCCCCCCCCC)OC(=O)CCC/C=C\C/C=C\C/C=C\C/C=C\C/C=C\CC. The number of hydrogen-bond donors (Lipinski definition) is 0. The van der Waals surface area contributed by atoms with Crippen LogP contribution in [0, 0.1) is 0 Å². The maximum atomic E-state index is 12.8. The highest BCUT2D eigenvalue weighted by Crippen LogP contribution is 2.15. The van der Waals surface area contributed by atoms with Crippen LogP contribution in [0.25, 0.3) is 0 Å². The summed E-state index contributed by atoms with van der Waals surface area (Å²) < 4.78 is 16.8. The molecule has 72 heavy (non-hydrogen) atoms. The van der Waals surface area contributed by atoms with Gasteiger partial charge in [-0.1, -0.05) is 258 Å². The molecule has 0 amide bonds. The summed E-state index contributed by atoms with van der Waals surface area (Å²) >= 11 is 0. The summed E-state index contributed by atoms with van der Waals surface area (Å²) in [5.74, 6) is -0.968. The van der Waals surface area contributed by atoms with Crippen molar-refractivity contribution in [1.29, 1.82) is 0 Å². The fourth-order valence-corrected chi connectivity index (χ4v) is 7.86. The molecule has 0 fully saturated rings. The number of esters is 3. The fraction of sp³-hybridized carbons (Fsp3) is 0.652. The lowest BCUT2D eigenvalue weighted by molar-refractivity contribution is -0.167. The van der Waals surface area contributed by atoms with E-state index in [2.05, 4.69) is 142 Å². The van der Waals surface area contributed by atoms with Gasteiger partial charge in [-0.3, -0.25) is 14.4 Å². The summed E-state index contributed by atoms with van der Waals surface area (Å²) in [6.45, 7) is 6.36. The van der Waals surface area contributed by atoms with Gasteiger partial charge in [0.15, 0.2) is 6.10 Å². The van der Waals surface area contributed by atoms with Crippen molar-refractivity contribution in [1.82, 2.24) is 0 Å². The van der Waals surface area contributed by atoms with E-state index in [1.807, 2.05) is 0 Å².